The molecule has 0 fully saturated rings. The molecule has 0 saturated heterocycles. The minimum atomic E-state index is -0.366. The van der Waals surface area contributed by atoms with Crippen molar-refractivity contribution in [1.82, 2.24) is 0 Å². The van der Waals surface area contributed by atoms with Gasteiger partial charge in [0.1, 0.15) is 6.07 Å². The molecule has 20 heavy (non-hydrogen) atoms. The Morgan fingerprint density at radius 3 is 2.75 bits per heavy atom. The molecule has 100 valence electrons. The fourth-order valence-corrected chi connectivity index (χ4v) is 3.92. The van der Waals surface area contributed by atoms with Crippen molar-refractivity contribution in [1.29, 1.82) is 5.26 Å². The van der Waals surface area contributed by atoms with Gasteiger partial charge in [-0.05, 0) is 70.6 Å². The molecule has 2 aromatic carbocycles. The molecule has 0 saturated carbocycles. The Hall–Kier alpha value is -1.31. The zero-order chi connectivity index (χ0) is 14.1. The molecule has 2 aromatic rings. The molecule has 0 N–H and O–H groups in total. The molecule has 0 aliphatic heterocycles. The van der Waals surface area contributed by atoms with Crippen LogP contribution in [0.5, 0.6) is 0 Å². The van der Waals surface area contributed by atoms with Crippen LogP contribution in [-0.2, 0) is 12.8 Å². The van der Waals surface area contributed by atoms with Crippen LogP contribution in [0.3, 0.4) is 0 Å². The highest BCUT2D eigenvalue weighted by atomic mass is 79.9. The third-order valence-electron chi connectivity index (χ3n) is 3.47. The van der Waals surface area contributed by atoms with Crippen LogP contribution in [0.25, 0.3) is 0 Å². The topological polar surface area (TPSA) is 23.8 Å². The van der Waals surface area contributed by atoms with Gasteiger partial charge in [0.2, 0.25) is 0 Å². The Morgan fingerprint density at radius 1 is 1.15 bits per heavy atom. The van der Waals surface area contributed by atoms with E-state index < -0.39 is 0 Å². The lowest BCUT2D eigenvalue weighted by molar-refractivity contribution is 0.594. The van der Waals surface area contributed by atoms with Crippen LogP contribution in [0.4, 0.5) is 4.39 Å². The SMILES string of the molecule is N#Cc1ccc(Sc2ccc3c(c2)CCC3)c(F)c1Br. The minimum Gasteiger partial charge on any atom is -0.204 e. The van der Waals surface area contributed by atoms with Gasteiger partial charge in [0.25, 0.3) is 0 Å². The van der Waals surface area contributed by atoms with Gasteiger partial charge in [-0.15, -0.1) is 0 Å². The molecule has 0 heterocycles. The van der Waals surface area contributed by atoms with E-state index >= 15 is 0 Å². The fraction of sp³-hybridized carbons (Fsp3) is 0.188. The molecule has 0 amide bonds. The van der Waals surface area contributed by atoms with Crippen LogP contribution in [0.2, 0.25) is 0 Å². The lowest BCUT2D eigenvalue weighted by Crippen LogP contribution is -1.88. The van der Waals surface area contributed by atoms with Crippen molar-refractivity contribution in [2.45, 2.75) is 29.1 Å². The van der Waals surface area contributed by atoms with Gasteiger partial charge in [0.15, 0.2) is 5.82 Å². The summed E-state index contributed by atoms with van der Waals surface area (Å²) < 4.78 is 14.4. The van der Waals surface area contributed by atoms with E-state index in [1.165, 1.54) is 29.3 Å². The quantitative estimate of drug-likeness (QED) is 0.754. The van der Waals surface area contributed by atoms with Crippen LogP contribution in [0, 0.1) is 17.1 Å². The van der Waals surface area contributed by atoms with Crippen molar-refractivity contribution in [3.05, 3.63) is 57.3 Å². The van der Waals surface area contributed by atoms with Crippen LogP contribution < -0.4 is 0 Å². The normalized spacial score (nSPS) is 13.1. The molecule has 0 radical (unpaired) electrons. The Morgan fingerprint density at radius 2 is 1.95 bits per heavy atom. The Balaban J connectivity index is 1.92. The summed E-state index contributed by atoms with van der Waals surface area (Å²) in [6, 6.07) is 11.6. The maximum Gasteiger partial charge on any atom is 0.152 e. The number of nitrogens with zero attached hydrogens (tertiary/aromatic N) is 1. The van der Waals surface area contributed by atoms with Gasteiger partial charge in [-0.1, -0.05) is 17.8 Å². The number of benzene rings is 2. The van der Waals surface area contributed by atoms with E-state index in [4.69, 9.17) is 5.26 Å². The number of nitriles is 1. The maximum atomic E-state index is 14.2. The van der Waals surface area contributed by atoms with Gasteiger partial charge in [-0.3, -0.25) is 0 Å². The van der Waals surface area contributed by atoms with E-state index in [2.05, 4.69) is 28.1 Å². The number of rotatable bonds is 2. The first-order valence-corrected chi connectivity index (χ1v) is 7.98. The molecule has 3 rings (SSSR count). The van der Waals surface area contributed by atoms with Crippen LogP contribution in [0.1, 0.15) is 23.1 Å². The van der Waals surface area contributed by atoms with Gasteiger partial charge in [-0.2, -0.15) is 5.26 Å². The predicted molar refractivity (Wildman–Crippen MR) is 81.4 cm³/mol. The standard InChI is InChI=1S/C16H11BrFNS/c17-15-12(9-19)5-7-14(16(15)18)20-13-6-4-10-2-1-3-11(10)8-13/h4-8H,1-3H2. The minimum absolute atomic E-state index is 0.242. The van der Waals surface area contributed by atoms with E-state index in [0.717, 1.165) is 17.7 Å². The Bertz CT molecular complexity index is 721. The maximum absolute atomic E-state index is 14.2. The summed E-state index contributed by atoms with van der Waals surface area (Å²) in [6.07, 6.45) is 3.47. The molecule has 1 aliphatic rings. The first-order chi connectivity index (χ1) is 9.69. The van der Waals surface area contributed by atoms with Gasteiger partial charge in [0.05, 0.1) is 10.0 Å². The zero-order valence-electron chi connectivity index (χ0n) is 10.6. The molecule has 1 aliphatic carbocycles. The van der Waals surface area contributed by atoms with Crippen molar-refractivity contribution < 1.29 is 4.39 Å². The molecule has 0 unspecified atom stereocenters. The van der Waals surface area contributed by atoms with Crippen molar-refractivity contribution in [3.8, 4) is 6.07 Å². The molecule has 4 heteroatoms. The zero-order valence-corrected chi connectivity index (χ0v) is 13.0. The van der Waals surface area contributed by atoms with E-state index in [-0.39, 0.29) is 10.3 Å². The first kappa shape index (κ1) is 13.7. The highest BCUT2D eigenvalue weighted by Gasteiger charge is 2.14. The third-order valence-corrected chi connectivity index (χ3v) is 5.27. The summed E-state index contributed by atoms with van der Waals surface area (Å²) in [7, 11) is 0. The summed E-state index contributed by atoms with van der Waals surface area (Å²) in [6.45, 7) is 0. The van der Waals surface area contributed by atoms with Gasteiger partial charge in [-0.25, -0.2) is 4.39 Å². The van der Waals surface area contributed by atoms with Gasteiger partial charge >= 0.3 is 0 Å². The Kier molecular flexibility index (Phi) is 3.82. The lowest BCUT2D eigenvalue weighted by atomic mass is 10.1. The molecule has 0 bridgehead atoms. The highest BCUT2D eigenvalue weighted by molar-refractivity contribution is 9.10. The monoisotopic (exact) mass is 347 g/mol. The number of fused-ring (bicyclic) bond motifs is 1. The van der Waals surface area contributed by atoms with Gasteiger partial charge in [0, 0.05) is 9.79 Å². The average Bonchev–Trinajstić information content (AvgIpc) is 2.92. The van der Waals surface area contributed by atoms with Crippen molar-refractivity contribution in [3.63, 3.8) is 0 Å². The number of halogens is 2. The smallest absolute Gasteiger partial charge is 0.152 e. The summed E-state index contributed by atoms with van der Waals surface area (Å²) >= 11 is 4.54. The average molecular weight is 348 g/mol. The third kappa shape index (κ3) is 2.48. The summed E-state index contributed by atoms with van der Waals surface area (Å²) in [5.41, 5.74) is 3.11. The van der Waals surface area contributed by atoms with E-state index in [9.17, 15) is 4.39 Å². The number of hydrogen-bond donors (Lipinski definition) is 0. The second-order valence-electron chi connectivity index (χ2n) is 4.74. The Labute approximate surface area is 129 Å². The van der Waals surface area contributed by atoms with E-state index in [0.29, 0.717) is 10.5 Å². The molecule has 0 spiro atoms. The summed E-state index contributed by atoms with van der Waals surface area (Å²) in [5.74, 6) is -0.366. The first-order valence-electron chi connectivity index (χ1n) is 6.37. The van der Waals surface area contributed by atoms with Crippen molar-refractivity contribution in [2.75, 3.05) is 0 Å². The van der Waals surface area contributed by atoms with Crippen LogP contribution in [0.15, 0.2) is 44.6 Å². The molecule has 0 atom stereocenters. The number of hydrogen-bond acceptors (Lipinski definition) is 2. The molecule has 0 aromatic heterocycles. The number of aryl methyl sites for hydroxylation is 2. The highest BCUT2D eigenvalue weighted by Crippen LogP contribution is 2.36. The fourth-order valence-electron chi connectivity index (χ4n) is 2.44. The van der Waals surface area contributed by atoms with Crippen molar-refractivity contribution >= 4 is 27.7 Å². The van der Waals surface area contributed by atoms with E-state index in [1.807, 2.05) is 12.1 Å². The molecular weight excluding hydrogens is 337 g/mol. The predicted octanol–water partition coefficient (Wildman–Crippen LogP) is 5.10. The van der Waals surface area contributed by atoms with E-state index in [1.54, 1.807) is 12.1 Å². The van der Waals surface area contributed by atoms with Crippen LogP contribution >= 0.6 is 27.7 Å². The van der Waals surface area contributed by atoms with Crippen molar-refractivity contribution in [2.24, 2.45) is 0 Å². The molecule has 1 nitrogen and oxygen atoms in total. The van der Waals surface area contributed by atoms with Crippen LogP contribution in [-0.4, -0.2) is 0 Å². The largest absolute Gasteiger partial charge is 0.204 e. The lowest BCUT2D eigenvalue weighted by Gasteiger charge is -2.07. The summed E-state index contributed by atoms with van der Waals surface area (Å²) in [4.78, 5) is 1.58. The van der Waals surface area contributed by atoms with Gasteiger partial charge < -0.3 is 0 Å². The second kappa shape index (κ2) is 5.59. The summed E-state index contributed by atoms with van der Waals surface area (Å²) in [5, 5.41) is 8.88. The molecular formula is C16H11BrFNS. The second-order valence-corrected chi connectivity index (χ2v) is 6.65.